The van der Waals surface area contributed by atoms with Gasteiger partial charge in [0.05, 0.1) is 12.0 Å². The first-order chi connectivity index (χ1) is 6.49. The first-order valence-electron chi connectivity index (χ1n) is 4.81. The first kappa shape index (κ1) is 9.25. The molecule has 2 heteroatoms. The van der Waals surface area contributed by atoms with Crippen molar-refractivity contribution in [2.75, 3.05) is 0 Å². The van der Waals surface area contributed by atoms with Crippen LogP contribution in [0.4, 0.5) is 0 Å². The average molecular weight is 190 g/mol. The lowest BCUT2D eigenvalue weighted by Crippen LogP contribution is -2.36. The van der Waals surface area contributed by atoms with Gasteiger partial charge in [-0.3, -0.25) is 4.79 Å². The van der Waals surface area contributed by atoms with Crippen LogP contribution in [-0.4, -0.2) is 11.4 Å². The molecule has 2 nitrogen and oxygen atoms in total. The Bertz CT molecular complexity index is 391. The van der Waals surface area contributed by atoms with Crippen molar-refractivity contribution in [3.05, 3.63) is 29.3 Å². The number of carbonyl (C=O) groups excluding carboxylic acids is 1. The molecule has 1 aromatic carbocycles. The van der Waals surface area contributed by atoms with Gasteiger partial charge in [0.2, 0.25) is 0 Å². The van der Waals surface area contributed by atoms with Crippen LogP contribution in [0.1, 0.15) is 36.2 Å². The molecular weight excluding hydrogens is 176 g/mol. The number of ether oxygens (including phenoxy) is 1. The molecule has 0 fully saturated rings. The molecule has 14 heavy (non-hydrogen) atoms. The highest BCUT2D eigenvalue weighted by atomic mass is 16.5. The maximum absolute atomic E-state index is 11.8. The summed E-state index contributed by atoms with van der Waals surface area (Å²) in [6.07, 6.45) is 0.462. The van der Waals surface area contributed by atoms with E-state index in [0.29, 0.717) is 6.42 Å². The van der Waals surface area contributed by atoms with Crippen molar-refractivity contribution in [3.63, 3.8) is 0 Å². The lowest BCUT2D eigenvalue weighted by Gasteiger charge is -2.32. The number of para-hydroxylation sites is 1. The van der Waals surface area contributed by atoms with E-state index in [0.717, 1.165) is 16.9 Å². The summed E-state index contributed by atoms with van der Waals surface area (Å²) in [5.74, 6) is 0.939. The average Bonchev–Trinajstić information content (AvgIpc) is 2.05. The van der Waals surface area contributed by atoms with E-state index in [1.54, 1.807) is 0 Å². The molecule has 1 aliphatic rings. The molecule has 0 saturated heterocycles. The molecule has 2 rings (SSSR count). The maximum atomic E-state index is 11.8. The monoisotopic (exact) mass is 190 g/mol. The van der Waals surface area contributed by atoms with E-state index in [-0.39, 0.29) is 11.4 Å². The molecule has 1 heterocycles. The van der Waals surface area contributed by atoms with E-state index in [1.165, 1.54) is 0 Å². The molecule has 1 aromatic rings. The summed E-state index contributed by atoms with van der Waals surface area (Å²) in [6.45, 7) is 5.86. The predicted molar refractivity (Wildman–Crippen MR) is 54.8 cm³/mol. The molecule has 0 saturated carbocycles. The van der Waals surface area contributed by atoms with E-state index in [1.807, 2.05) is 39.0 Å². The van der Waals surface area contributed by atoms with Crippen LogP contribution in [0.25, 0.3) is 0 Å². The number of rotatable bonds is 0. The molecule has 74 valence electrons. The van der Waals surface area contributed by atoms with Crippen LogP contribution in [0, 0.1) is 6.92 Å². The second kappa shape index (κ2) is 2.84. The second-order valence-electron chi connectivity index (χ2n) is 4.41. The number of benzene rings is 1. The fourth-order valence-corrected chi connectivity index (χ4v) is 1.80. The maximum Gasteiger partial charge on any atom is 0.170 e. The summed E-state index contributed by atoms with van der Waals surface area (Å²) < 4.78 is 5.80. The molecule has 0 aliphatic carbocycles. The number of fused-ring (bicyclic) bond motifs is 1. The van der Waals surface area contributed by atoms with E-state index in [9.17, 15) is 4.79 Å². The van der Waals surface area contributed by atoms with Gasteiger partial charge in [0.1, 0.15) is 11.4 Å². The third-order valence-corrected chi connectivity index (χ3v) is 2.48. The van der Waals surface area contributed by atoms with Crippen molar-refractivity contribution < 1.29 is 9.53 Å². The topological polar surface area (TPSA) is 26.3 Å². The fraction of sp³-hybridized carbons (Fsp3) is 0.417. The highest BCUT2D eigenvalue weighted by Gasteiger charge is 2.32. The number of aryl methyl sites for hydroxylation is 1. The minimum atomic E-state index is -0.365. The van der Waals surface area contributed by atoms with Crippen LogP contribution in [0.5, 0.6) is 5.75 Å². The Morgan fingerprint density at radius 2 is 2.07 bits per heavy atom. The number of Topliss-reactive ketones (excluding diaryl/α,β-unsaturated/α-hetero) is 1. The van der Waals surface area contributed by atoms with Gasteiger partial charge in [-0.05, 0) is 32.4 Å². The standard InChI is InChI=1S/C12H14O2/c1-8-5-4-6-9-10(13)7-12(2,3)14-11(8)9/h4-6H,7H2,1-3H3. The number of carbonyl (C=O) groups is 1. The Morgan fingerprint density at radius 3 is 2.79 bits per heavy atom. The Hall–Kier alpha value is -1.31. The van der Waals surface area contributed by atoms with E-state index in [2.05, 4.69) is 0 Å². The Labute approximate surface area is 83.9 Å². The second-order valence-corrected chi connectivity index (χ2v) is 4.41. The van der Waals surface area contributed by atoms with Gasteiger partial charge in [-0.15, -0.1) is 0 Å². The summed E-state index contributed by atoms with van der Waals surface area (Å²) in [5, 5.41) is 0. The third kappa shape index (κ3) is 1.41. The molecular formula is C12H14O2. The van der Waals surface area contributed by atoms with Crippen molar-refractivity contribution in [2.45, 2.75) is 32.8 Å². The van der Waals surface area contributed by atoms with Crippen LogP contribution in [-0.2, 0) is 0 Å². The van der Waals surface area contributed by atoms with Crippen molar-refractivity contribution in [2.24, 2.45) is 0 Å². The summed E-state index contributed by atoms with van der Waals surface area (Å²) in [7, 11) is 0. The van der Waals surface area contributed by atoms with Crippen LogP contribution in [0.3, 0.4) is 0 Å². The number of hydrogen-bond donors (Lipinski definition) is 0. The van der Waals surface area contributed by atoms with Crippen molar-refractivity contribution in [1.82, 2.24) is 0 Å². The summed E-state index contributed by atoms with van der Waals surface area (Å²) in [4.78, 5) is 11.8. The smallest absolute Gasteiger partial charge is 0.170 e. The van der Waals surface area contributed by atoms with Gasteiger partial charge in [0.25, 0.3) is 0 Å². The minimum absolute atomic E-state index is 0.181. The zero-order chi connectivity index (χ0) is 10.3. The Balaban J connectivity index is 2.56. The lowest BCUT2D eigenvalue weighted by atomic mass is 9.92. The zero-order valence-electron chi connectivity index (χ0n) is 8.76. The highest BCUT2D eigenvalue weighted by Crippen LogP contribution is 2.35. The molecule has 0 atom stereocenters. The lowest BCUT2D eigenvalue weighted by molar-refractivity contribution is 0.0615. The quantitative estimate of drug-likeness (QED) is 0.628. The summed E-state index contributed by atoms with van der Waals surface area (Å²) >= 11 is 0. The third-order valence-electron chi connectivity index (χ3n) is 2.48. The zero-order valence-corrected chi connectivity index (χ0v) is 8.76. The minimum Gasteiger partial charge on any atom is -0.486 e. The molecule has 0 aromatic heterocycles. The molecule has 1 aliphatic heterocycles. The SMILES string of the molecule is Cc1cccc2c1OC(C)(C)CC2=O. The van der Waals surface area contributed by atoms with Gasteiger partial charge in [0, 0.05) is 0 Å². The van der Waals surface area contributed by atoms with E-state index in [4.69, 9.17) is 4.74 Å². The van der Waals surface area contributed by atoms with E-state index < -0.39 is 0 Å². The number of ketones is 1. The van der Waals surface area contributed by atoms with Gasteiger partial charge in [-0.1, -0.05) is 12.1 Å². The molecule has 0 bridgehead atoms. The van der Waals surface area contributed by atoms with E-state index >= 15 is 0 Å². The van der Waals surface area contributed by atoms with Gasteiger partial charge in [-0.2, -0.15) is 0 Å². The summed E-state index contributed by atoms with van der Waals surface area (Å²) in [5.41, 5.74) is 1.39. The van der Waals surface area contributed by atoms with Gasteiger partial charge in [0.15, 0.2) is 5.78 Å². The van der Waals surface area contributed by atoms with Crippen molar-refractivity contribution >= 4 is 5.78 Å². The van der Waals surface area contributed by atoms with Gasteiger partial charge >= 0.3 is 0 Å². The molecule has 0 radical (unpaired) electrons. The van der Waals surface area contributed by atoms with Crippen molar-refractivity contribution in [1.29, 1.82) is 0 Å². The van der Waals surface area contributed by atoms with Gasteiger partial charge < -0.3 is 4.74 Å². The molecule has 0 N–H and O–H groups in total. The highest BCUT2D eigenvalue weighted by molar-refractivity contribution is 6.00. The van der Waals surface area contributed by atoms with Crippen LogP contribution < -0.4 is 4.74 Å². The number of hydrogen-bond acceptors (Lipinski definition) is 2. The Morgan fingerprint density at radius 1 is 1.36 bits per heavy atom. The molecule has 0 amide bonds. The molecule has 0 unspecified atom stereocenters. The predicted octanol–water partition coefficient (Wildman–Crippen LogP) is 2.74. The molecule has 0 spiro atoms. The normalized spacial score (nSPS) is 18.6. The van der Waals surface area contributed by atoms with Crippen LogP contribution in [0.15, 0.2) is 18.2 Å². The van der Waals surface area contributed by atoms with Crippen LogP contribution >= 0.6 is 0 Å². The van der Waals surface area contributed by atoms with Gasteiger partial charge in [-0.25, -0.2) is 0 Å². The van der Waals surface area contributed by atoms with Crippen molar-refractivity contribution in [3.8, 4) is 5.75 Å². The Kier molecular flexibility index (Phi) is 1.88. The fourth-order valence-electron chi connectivity index (χ4n) is 1.80. The largest absolute Gasteiger partial charge is 0.486 e. The summed E-state index contributed by atoms with van der Waals surface area (Å²) in [6, 6.07) is 5.70. The first-order valence-corrected chi connectivity index (χ1v) is 4.81. The van der Waals surface area contributed by atoms with Crippen LogP contribution in [0.2, 0.25) is 0 Å².